The Morgan fingerprint density at radius 3 is 2.55 bits per heavy atom. The van der Waals surface area contributed by atoms with Crippen LogP contribution >= 0.6 is 11.6 Å². The van der Waals surface area contributed by atoms with E-state index >= 15 is 0 Å². The maximum Gasteiger partial charge on any atom is 0.404 e. The van der Waals surface area contributed by atoms with Crippen LogP contribution in [0.5, 0.6) is 0 Å². The van der Waals surface area contributed by atoms with E-state index < -0.39 is 5.43 Å². The van der Waals surface area contributed by atoms with E-state index in [9.17, 15) is 4.79 Å². The lowest BCUT2D eigenvalue weighted by atomic mass is 9.47. The predicted octanol–water partition coefficient (Wildman–Crippen LogP) is 9.18. The van der Waals surface area contributed by atoms with Crippen molar-refractivity contribution in [3.8, 4) is 0 Å². The minimum absolute atomic E-state index is 0.0268. The Morgan fingerprint density at radius 1 is 1.12 bits per heavy atom. The molecule has 9 atom stereocenters. The normalized spacial score (nSPS) is 42.3. The van der Waals surface area contributed by atoms with Gasteiger partial charge in [-0.15, -0.1) is 0 Å². The molecule has 0 aromatic rings. The third-order valence-electron chi connectivity index (χ3n) is 11.0. The summed E-state index contributed by atoms with van der Waals surface area (Å²) in [5.74, 6) is 5.41. The number of carbonyl (C=O) groups excluding carboxylic acids is 1. The van der Waals surface area contributed by atoms with Crippen molar-refractivity contribution in [2.24, 2.45) is 52.3 Å². The van der Waals surface area contributed by atoms with E-state index in [1.165, 1.54) is 38.5 Å². The van der Waals surface area contributed by atoms with E-state index in [2.05, 4.69) is 59.8 Å². The largest absolute Gasteiger partial charge is 0.450 e. The Hall–Kier alpha value is -0.760. The monoisotopic (exact) mass is 474 g/mol. The molecule has 0 spiro atoms. The van der Waals surface area contributed by atoms with Gasteiger partial charge in [0.1, 0.15) is 6.10 Å². The summed E-state index contributed by atoms with van der Waals surface area (Å²) < 4.78 is 5.39. The van der Waals surface area contributed by atoms with E-state index in [1.54, 1.807) is 5.57 Å². The van der Waals surface area contributed by atoms with Crippen LogP contribution in [0.4, 0.5) is 4.79 Å². The lowest BCUT2D eigenvalue weighted by Gasteiger charge is -2.58. The van der Waals surface area contributed by atoms with Crippen LogP contribution in [0.3, 0.4) is 0 Å². The molecule has 2 nitrogen and oxygen atoms in total. The fourth-order valence-corrected chi connectivity index (χ4v) is 9.17. The van der Waals surface area contributed by atoms with Gasteiger partial charge in [-0.1, -0.05) is 65.3 Å². The van der Waals surface area contributed by atoms with Gasteiger partial charge in [-0.2, -0.15) is 0 Å². The summed E-state index contributed by atoms with van der Waals surface area (Å²) in [7, 11) is 0. The smallest absolute Gasteiger partial charge is 0.404 e. The minimum Gasteiger partial charge on any atom is -0.450 e. The zero-order valence-corrected chi connectivity index (χ0v) is 22.7. The summed E-state index contributed by atoms with van der Waals surface area (Å²) in [5.41, 5.74) is 1.67. The summed E-state index contributed by atoms with van der Waals surface area (Å²) in [6.07, 6.45) is 18.6. The first-order valence-electron chi connectivity index (χ1n) is 13.8. The molecule has 0 amide bonds. The summed E-state index contributed by atoms with van der Waals surface area (Å²) in [6, 6.07) is 0. The van der Waals surface area contributed by atoms with Crippen molar-refractivity contribution < 1.29 is 9.53 Å². The molecule has 0 bridgehead atoms. The Balaban J connectivity index is 1.49. The average molecular weight is 475 g/mol. The molecule has 4 aliphatic carbocycles. The molecule has 0 saturated heterocycles. The van der Waals surface area contributed by atoms with Gasteiger partial charge in [0.05, 0.1) is 0 Å². The van der Waals surface area contributed by atoms with Crippen molar-refractivity contribution in [1.29, 1.82) is 0 Å². The molecule has 33 heavy (non-hydrogen) atoms. The summed E-state index contributed by atoms with van der Waals surface area (Å²) in [5, 5.41) is 0. The van der Waals surface area contributed by atoms with Gasteiger partial charge in [-0.05, 0) is 104 Å². The van der Waals surface area contributed by atoms with Gasteiger partial charge < -0.3 is 4.74 Å². The highest BCUT2D eigenvalue weighted by molar-refractivity contribution is 6.61. The SMILES string of the molecule is CC[C@@H](/C=C/[C@@H](C)[C@H]1CC[C@H]2[C@@H]3CC=C4C[C@@H](OC(=O)Cl)CC[C@]4(C)[C@H]3CC[C@]12C)C(C)C. The summed E-state index contributed by atoms with van der Waals surface area (Å²) in [6.45, 7) is 14.7. The van der Waals surface area contributed by atoms with Crippen molar-refractivity contribution in [3.63, 3.8) is 0 Å². The topological polar surface area (TPSA) is 26.3 Å². The zero-order chi connectivity index (χ0) is 24.0. The molecule has 0 heterocycles. The number of hydrogen-bond acceptors (Lipinski definition) is 2. The quantitative estimate of drug-likeness (QED) is 0.283. The van der Waals surface area contributed by atoms with Gasteiger partial charge in [-0.3, -0.25) is 0 Å². The zero-order valence-electron chi connectivity index (χ0n) is 21.9. The Kier molecular flexibility index (Phi) is 7.46. The van der Waals surface area contributed by atoms with Gasteiger partial charge in [0, 0.05) is 18.0 Å². The van der Waals surface area contributed by atoms with Crippen molar-refractivity contribution in [2.75, 3.05) is 0 Å². The number of fused-ring (bicyclic) bond motifs is 5. The van der Waals surface area contributed by atoms with Crippen molar-refractivity contribution in [1.82, 2.24) is 0 Å². The molecule has 0 N–H and O–H groups in total. The van der Waals surface area contributed by atoms with Crippen molar-refractivity contribution in [3.05, 3.63) is 23.8 Å². The second-order valence-corrected chi connectivity index (χ2v) is 13.1. The van der Waals surface area contributed by atoms with Crippen LogP contribution in [-0.4, -0.2) is 11.5 Å². The van der Waals surface area contributed by atoms with Crippen molar-refractivity contribution in [2.45, 2.75) is 105 Å². The molecule has 186 valence electrons. The van der Waals surface area contributed by atoms with Gasteiger partial charge >= 0.3 is 5.43 Å². The number of halogens is 1. The molecule has 3 fully saturated rings. The highest BCUT2D eigenvalue weighted by atomic mass is 35.5. The van der Waals surface area contributed by atoms with E-state index in [0.29, 0.717) is 17.3 Å². The van der Waals surface area contributed by atoms with Gasteiger partial charge in [0.2, 0.25) is 0 Å². The second-order valence-electron chi connectivity index (χ2n) is 12.8. The lowest BCUT2D eigenvalue weighted by molar-refractivity contribution is -0.0541. The first-order chi connectivity index (χ1) is 15.6. The van der Waals surface area contributed by atoms with Crippen LogP contribution in [0.25, 0.3) is 0 Å². The van der Waals surface area contributed by atoms with Crippen LogP contribution in [0, 0.1) is 52.3 Å². The number of rotatable bonds is 6. The molecule has 0 unspecified atom stereocenters. The Labute approximate surface area is 207 Å². The Bertz CT molecular complexity index is 784. The molecule has 4 rings (SSSR count). The first-order valence-corrected chi connectivity index (χ1v) is 14.2. The second kappa shape index (κ2) is 9.71. The third kappa shape index (κ3) is 4.60. The highest BCUT2D eigenvalue weighted by Gasteiger charge is 2.59. The standard InChI is InChI=1S/C30H47ClO2/c1-7-21(19(2)3)9-8-20(4)25-12-13-26-24-11-10-22-18-23(33-28(31)32)14-16-29(22,5)27(24)15-17-30(25,26)6/h8-10,19-21,23-27H,7,11-18H2,1-6H3/b9-8+/t20-,21+,23+,24+,25-,26+,27+,29+,30-/m1/s1. The van der Waals surface area contributed by atoms with Crippen LogP contribution in [0.2, 0.25) is 0 Å². The third-order valence-corrected chi connectivity index (χ3v) is 11.1. The molecule has 0 aromatic carbocycles. The van der Waals surface area contributed by atoms with Crippen molar-refractivity contribution >= 4 is 17.0 Å². The van der Waals surface area contributed by atoms with Crippen LogP contribution in [-0.2, 0) is 4.74 Å². The lowest BCUT2D eigenvalue weighted by Crippen LogP contribution is -2.51. The van der Waals surface area contributed by atoms with Gasteiger partial charge in [-0.25, -0.2) is 4.79 Å². The Morgan fingerprint density at radius 2 is 1.88 bits per heavy atom. The number of hydrogen-bond donors (Lipinski definition) is 0. The number of carbonyl (C=O) groups is 1. The number of ether oxygens (including phenoxy) is 1. The maximum atomic E-state index is 11.3. The molecular weight excluding hydrogens is 428 g/mol. The highest BCUT2D eigenvalue weighted by Crippen LogP contribution is 2.67. The number of allylic oxidation sites excluding steroid dienone is 3. The van der Waals surface area contributed by atoms with E-state index in [-0.39, 0.29) is 11.5 Å². The minimum atomic E-state index is -0.648. The molecule has 3 heteroatoms. The van der Waals surface area contributed by atoms with Crippen LogP contribution < -0.4 is 0 Å². The summed E-state index contributed by atoms with van der Waals surface area (Å²) in [4.78, 5) is 11.3. The predicted molar refractivity (Wildman–Crippen MR) is 138 cm³/mol. The van der Waals surface area contributed by atoms with Gasteiger partial charge in [0.15, 0.2) is 0 Å². The van der Waals surface area contributed by atoms with Gasteiger partial charge in [0.25, 0.3) is 0 Å². The molecule has 3 saturated carbocycles. The summed E-state index contributed by atoms with van der Waals surface area (Å²) >= 11 is 5.52. The maximum absolute atomic E-state index is 11.3. The van der Waals surface area contributed by atoms with Crippen LogP contribution in [0.15, 0.2) is 23.8 Å². The van der Waals surface area contributed by atoms with E-state index in [4.69, 9.17) is 16.3 Å². The molecule has 0 aliphatic heterocycles. The fraction of sp³-hybridized carbons (Fsp3) is 0.833. The molecule has 4 aliphatic rings. The van der Waals surface area contributed by atoms with Crippen LogP contribution in [0.1, 0.15) is 99.3 Å². The van der Waals surface area contributed by atoms with E-state index in [0.717, 1.165) is 48.9 Å². The first kappa shape index (κ1) is 25.3. The molecular formula is C30H47ClO2. The fourth-order valence-electron chi connectivity index (χ4n) is 9.05. The average Bonchev–Trinajstić information content (AvgIpc) is 3.11. The van der Waals surface area contributed by atoms with E-state index in [1.807, 2.05) is 0 Å². The molecule has 0 radical (unpaired) electrons. The molecule has 0 aromatic heterocycles.